The highest BCUT2D eigenvalue weighted by Gasteiger charge is 2.09. The van der Waals surface area contributed by atoms with Crippen molar-refractivity contribution >= 4 is 33.6 Å². The fraction of sp³-hybridized carbons (Fsp3) is 0.0588. The highest BCUT2D eigenvalue weighted by molar-refractivity contribution is 9.10. The second-order valence-corrected chi connectivity index (χ2v) is 5.46. The second-order valence-electron chi connectivity index (χ2n) is 4.54. The van der Waals surface area contributed by atoms with Crippen molar-refractivity contribution in [1.29, 1.82) is 5.26 Å². The zero-order chi connectivity index (χ0) is 15.2. The van der Waals surface area contributed by atoms with Gasteiger partial charge in [0.2, 0.25) is 0 Å². The number of rotatable bonds is 3. The van der Waals surface area contributed by atoms with E-state index in [1.165, 1.54) is 0 Å². The molecule has 2 aromatic rings. The summed E-state index contributed by atoms with van der Waals surface area (Å²) in [6.45, 7) is 1.97. The van der Waals surface area contributed by atoms with Gasteiger partial charge >= 0.3 is 0 Å². The molecule has 0 aliphatic heterocycles. The molecule has 21 heavy (non-hydrogen) atoms. The Morgan fingerprint density at radius 2 is 1.76 bits per heavy atom. The van der Waals surface area contributed by atoms with Crippen LogP contribution in [0.15, 0.2) is 58.6 Å². The molecule has 104 valence electrons. The summed E-state index contributed by atoms with van der Waals surface area (Å²) >= 11 is 3.34. The summed E-state index contributed by atoms with van der Waals surface area (Å²) in [7, 11) is 0. The smallest absolute Gasteiger partial charge is 0.266 e. The van der Waals surface area contributed by atoms with Gasteiger partial charge in [-0.3, -0.25) is 4.79 Å². The number of anilines is 1. The Morgan fingerprint density at radius 3 is 2.33 bits per heavy atom. The third-order valence-corrected chi connectivity index (χ3v) is 3.38. The minimum Gasteiger partial charge on any atom is -0.321 e. The zero-order valence-corrected chi connectivity index (χ0v) is 13.0. The minimum absolute atomic E-state index is 0.0675. The van der Waals surface area contributed by atoms with Gasteiger partial charge in [0.15, 0.2) is 0 Å². The summed E-state index contributed by atoms with van der Waals surface area (Å²) in [6.07, 6.45) is 1.57. The molecule has 2 aromatic carbocycles. The summed E-state index contributed by atoms with van der Waals surface area (Å²) in [5.41, 5.74) is 2.65. The van der Waals surface area contributed by atoms with E-state index in [1.54, 1.807) is 6.08 Å². The van der Waals surface area contributed by atoms with Crippen molar-refractivity contribution in [1.82, 2.24) is 0 Å². The van der Waals surface area contributed by atoms with Crippen LogP contribution in [0.4, 0.5) is 5.69 Å². The monoisotopic (exact) mass is 340 g/mol. The van der Waals surface area contributed by atoms with Gasteiger partial charge in [0.25, 0.3) is 5.91 Å². The van der Waals surface area contributed by atoms with E-state index in [4.69, 9.17) is 5.26 Å². The zero-order valence-electron chi connectivity index (χ0n) is 11.4. The van der Waals surface area contributed by atoms with Crippen LogP contribution >= 0.6 is 15.9 Å². The molecule has 4 heteroatoms. The molecule has 0 aliphatic carbocycles. The van der Waals surface area contributed by atoms with Crippen LogP contribution in [0.25, 0.3) is 6.08 Å². The van der Waals surface area contributed by atoms with Gasteiger partial charge in [0.1, 0.15) is 11.6 Å². The Morgan fingerprint density at radius 1 is 1.14 bits per heavy atom. The van der Waals surface area contributed by atoms with E-state index in [1.807, 2.05) is 61.5 Å². The molecular weight excluding hydrogens is 328 g/mol. The van der Waals surface area contributed by atoms with Crippen molar-refractivity contribution in [3.8, 4) is 6.07 Å². The van der Waals surface area contributed by atoms with Crippen molar-refractivity contribution in [2.45, 2.75) is 6.92 Å². The molecule has 1 N–H and O–H groups in total. The second kappa shape index (κ2) is 6.87. The first kappa shape index (κ1) is 15.0. The van der Waals surface area contributed by atoms with E-state index >= 15 is 0 Å². The number of carbonyl (C=O) groups excluding carboxylic acids is 1. The standard InChI is InChI=1S/C17H13BrN2O/c1-12-2-8-16(9-3-12)20-17(21)14(11-19)10-13-4-6-15(18)7-5-13/h2-10H,1H3,(H,20,21)/b14-10+. The predicted molar refractivity (Wildman–Crippen MR) is 87.5 cm³/mol. The highest BCUT2D eigenvalue weighted by atomic mass is 79.9. The Labute approximate surface area is 132 Å². The van der Waals surface area contributed by atoms with Crippen molar-refractivity contribution in [3.05, 3.63) is 69.7 Å². The largest absolute Gasteiger partial charge is 0.321 e. The van der Waals surface area contributed by atoms with Crippen LogP contribution in [0.5, 0.6) is 0 Å². The van der Waals surface area contributed by atoms with E-state index in [9.17, 15) is 4.79 Å². The number of aryl methyl sites for hydroxylation is 1. The molecular formula is C17H13BrN2O. The lowest BCUT2D eigenvalue weighted by Gasteiger charge is -2.04. The Kier molecular flexibility index (Phi) is 4.91. The number of amides is 1. The van der Waals surface area contributed by atoms with Gasteiger partial charge in [0, 0.05) is 10.2 Å². The quantitative estimate of drug-likeness (QED) is 0.668. The summed E-state index contributed by atoms with van der Waals surface area (Å²) in [5.74, 6) is -0.413. The lowest BCUT2D eigenvalue weighted by atomic mass is 10.1. The van der Waals surface area contributed by atoms with Gasteiger partial charge in [-0.2, -0.15) is 5.26 Å². The molecule has 0 atom stereocenters. The number of hydrogen-bond acceptors (Lipinski definition) is 2. The van der Waals surface area contributed by atoms with E-state index in [0.29, 0.717) is 5.69 Å². The molecule has 0 spiro atoms. The van der Waals surface area contributed by atoms with Crippen LogP contribution in [0.1, 0.15) is 11.1 Å². The molecule has 0 aliphatic rings. The molecule has 3 nitrogen and oxygen atoms in total. The predicted octanol–water partition coefficient (Wildman–Crippen LogP) is 4.30. The molecule has 1 amide bonds. The fourth-order valence-corrected chi connectivity index (χ4v) is 1.97. The maximum Gasteiger partial charge on any atom is 0.266 e. The molecule has 0 fully saturated rings. The van der Waals surface area contributed by atoms with Gasteiger partial charge in [-0.25, -0.2) is 0 Å². The van der Waals surface area contributed by atoms with Crippen molar-refractivity contribution in [2.75, 3.05) is 5.32 Å². The number of carbonyl (C=O) groups is 1. The average molecular weight is 341 g/mol. The topological polar surface area (TPSA) is 52.9 Å². The fourth-order valence-electron chi connectivity index (χ4n) is 1.71. The van der Waals surface area contributed by atoms with Crippen molar-refractivity contribution in [3.63, 3.8) is 0 Å². The molecule has 2 rings (SSSR count). The third kappa shape index (κ3) is 4.30. The van der Waals surface area contributed by atoms with E-state index in [2.05, 4.69) is 21.2 Å². The number of nitrogens with one attached hydrogen (secondary N) is 1. The molecule has 0 saturated carbocycles. The maximum atomic E-state index is 12.1. The summed E-state index contributed by atoms with van der Waals surface area (Å²) < 4.78 is 0.947. The molecule has 0 bridgehead atoms. The number of nitriles is 1. The summed E-state index contributed by atoms with van der Waals surface area (Å²) in [5, 5.41) is 11.9. The van der Waals surface area contributed by atoms with Crippen molar-refractivity contribution in [2.24, 2.45) is 0 Å². The van der Waals surface area contributed by atoms with Crippen LogP contribution in [-0.2, 0) is 4.79 Å². The summed E-state index contributed by atoms with van der Waals surface area (Å²) in [4.78, 5) is 12.1. The summed E-state index contributed by atoms with van der Waals surface area (Å²) in [6, 6.07) is 16.7. The van der Waals surface area contributed by atoms with E-state index < -0.39 is 5.91 Å². The van der Waals surface area contributed by atoms with E-state index in [0.717, 1.165) is 15.6 Å². The van der Waals surface area contributed by atoms with Crippen LogP contribution in [-0.4, -0.2) is 5.91 Å². The first-order chi connectivity index (χ1) is 10.1. The maximum absolute atomic E-state index is 12.1. The van der Waals surface area contributed by atoms with Gasteiger partial charge < -0.3 is 5.32 Å². The van der Waals surface area contributed by atoms with Gasteiger partial charge in [0.05, 0.1) is 0 Å². The number of benzene rings is 2. The molecule has 0 heterocycles. The lowest BCUT2D eigenvalue weighted by molar-refractivity contribution is -0.112. The van der Waals surface area contributed by atoms with Gasteiger partial charge in [-0.15, -0.1) is 0 Å². The molecule has 0 radical (unpaired) electrons. The van der Waals surface area contributed by atoms with Gasteiger partial charge in [-0.1, -0.05) is 45.8 Å². The average Bonchev–Trinajstić information content (AvgIpc) is 2.49. The van der Waals surface area contributed by atoms with E-state index in [-0.39, 0.29) is 5.57 Å². The molecule has 0 unspecified atom stereocenters. The molecule has 0 saturated heterocycles. The minimum atomic E-state index is -0.413. The third-order valence-electron chi connectivity index (χ3n) is 2.86. The number of halogens is 1. The van der Waals surface area contributed by atoms with Crippen LogP contribution in [0.3, 0.4) is 0 Å². The van der Waals surface area contributed by atoms with Crippen LogP contribution in [0, 0.1) is 18.3 Å². The number of hydrogen-bond donors (Lipinski definition) is 1. The normalized spacial score (nSPS) is 10.8. The van der Waals surface area contributed by atoms with Gasteiger partial charge in [-0.05, 0) is 42.8 Å². The Bertz CT molecular complexity index is 710. The van der Waals surface area contributed by atoms with Crippen LogP contribution < -0.4 is 5.32 Å². The van der Waals surface area contributed by atoms with Crippen LogP contribution in [0.2, 0.25) is 0 Å². The lowest BCUT2D eigenvalue weighted by Crippen LogP contribution is -2.13. The number of nitrogens with zero attached hydrogens (tertiary/aromatic N) is 1. The first-order valence-corrected chi connectivity index (χ1v) is 7.13. The first-order valence-electron chi connectivity index (χ1n) is 6.34. The Balaban J connectivity index is 2.17. The van der Waals surface area contributed by atoms with Crippen molar-refractivity contribution < 1.29 is 4.79 Å². The highest BCUT2D eigenvalue weighted by Crippen LogP contribution is 2.15. The SMILES string of the molecule is Cc1ccc(NC(=O)/C(C#N)=C/c2ccc(Br)cc2)cc1. The Hall–Kier alpha value is -2.38. The molecule has 0 aromatic heterocycles.